The van der Waals surface area contributed by atoms with Crippen molar-refractivity contribution in [3.8, 4) is 0 Å². The predicted molar refractivity (Wildman–Crippen MR) is 111 cm³/mol. The lowest BCUT2D eigenvalue weighted by Gasteiger charge is -2.28. The van der Waals surface area contributed by atoms with Gasteiger partial charge in [0, 0.05) is 12.7 Å². The number of rotatable bonds is 5. The van der Waals surface area contributed by atoms with Crippen LogP contribution in [0, 0.1) is 6.92 Å². The van der Waals surface area contributed by atoms with Crippen LogP contribution in [0.2, 0.25) is 5.02 Å². The number of nitrogens with one attached hydrogen (secondary N) is 3. The van der Waals surface area contributed by atoms with Crippen molar-refractivity contribution in [2.75, 3.05) is 19.0 Å². The highest BCUT2D eigenvalue weighted by atomic mass is 35.5. The van der Waals surface area contributed by atoms with Crippen molar-refractivity contribution in [3.63, 3.8) is 0 Å². The zero-order chi connectivity index (χ0) is 21.2. The lowest BCUT2D eigenvalue weighted by Crippen LogP contribution is -2.58. The molecule has 1 aliphatic heterocycles. The van der Waals surface area contributed by atoms with E-state index in [0.29, 0.717) is 27.4 Å². The van der Waals surface area contributed by atoms with Crippen molar-refractivity contribution in [2.24, 2.45) is 10.7 Å². The molecule has 0 fully saturated rings. The van der Waals surface area contributed by atoms with Crippen LogP contribution in [0.1, 0.15) is 21.5 Å². The third-order valence-corrected chi connectivity index (χ3v) is 5.10. The maximum absolute atomic E-state index is 12.5. The Bertz CT molecular complexity index is 1040. The molecular weight excluding hydrogens is 394 g/mol. The van der Waals surface area contributed by atoms with E-state index in [2.05, 4.69) is 20.9 Å². The molecule has 0 saturated heterocycles. The molecule has 3 amide bonds. The standard InChI is InChI=1S/C20H20ClN5O3/c1-11-9-12(20(19(22)29)16(18(28)23-2)24-10-25-20)7-8-15(11)26-17(27)13-5-3-4-6-14(13)21/h3-9,25H,10H2,1-2H3,(H2,22,29)(H,23,28)(H,26,27). The second kappa shape index (κ2) is 8.02. The fraction of sp³-hybridized carbons (Fsp3) is 0.200. The smallest absolute Gasteiger partial charge is 0.267 e. The second-order valence-corrected chi connectivity index (χ2v) is 6.91. The van der Waals surface area contributed by atoms with Gasteiger partial charge in [0.15, 0.2) is 5.54 Å². The normalized spacial score (nSPS) is 18.1. The summed E-state index contributed by atoms with van der Waals surface area (Å²) in [7, 11) is 1.45. The fourth-order valence-corrected chi connectivity index (χ4v) is 3.48. The monoisotopic (exact) mass is 413 g/mol. The molecule has 0 saturated carbocycles. The number of carbonyl (C=O) groups is 3. The highest BCUT2D eigenvalue weighted by molar-refractivity contribution is 6.47. The number of aryl methyl sites for hydroxylation is 1. The van der Waals surface area contributed by atoms with Crippen molar-refractivity contribution in [1.29, 1.82) is 0 Å². The number of primary amides is 1. The van der Waals surface area contributed by atoms with Crippen LogP contribution in [-0.4, -0.2) is 37.1 Å². The summed E-state index contributed by atoms with van der Waals surface area (Å²) in [4.78, 5) is 41.2. The molecule has 1 aliphatic rings. The summed E-state index contributed by atoms with van der Waals surface area (Å²) in [5, 5.41) is 8.55. The number of hydrogen-bond donors (Lipinski definition) is 4. The number of benzene rings is 2. The molecule has 0 aromatic heterocycles. The summed E-state index contributed by atoms with van der Waals surface area (Å²) >= 11 is 6.08. The van der Waals surface area contributed by atoms with Crippen molar-refractivity contribution < 1.29 is 14.4 Å². The van der Waals surface area contributed by atoms with Gasteiger partial charge in [0.05, 0.1) is 17.3 Å². The van der Waals surface area contributed by atoms with Gasteiger partial charge in [0.2, 0.25) is 5.91 Å². The zero-order valence-electron chi connectivity index (χ0n) is 15.9. The number of carbonyl (C=O) groups excluding carboxylic acids is 3. The third-order valence-electron chi connectivity index (χ3n) is 4.77. The Morgan fingerprint density at radius 3 is 2.52 bits per heavy atom. The van der Waals surface area contributed by atoms with E-state index in [0.717, 1.165) is 0 Å². The first-order valence-electron chi connectivity index (χ1n) is 8.80. The Morgan fingerprint density at radius 1 is 1.17 bits per heavy atom. The molecule has 0 spiro atoms. The minimum Gasteiger partial charge on any atom is -0.367 e. The second-order valence-electron chi connectivity index (χ2n) is 6.50. The van der Waals surface area contributed by atoms with Gasteiger partial charge in [-0.1, -0.05) is 35.9 Å². The summed E-state index contributed by atoms with van der Waals surface area (Å²) in [5.41, 5.74) is 6.13. The number of anilines is 1. The van der Waals surface area contributed by atoms with Crippen molar-refractivity contribution in [1.82, 2.24) is 10.6 Å². The molecule has 3 rings (SSSR count). The molecule has 29 heavy (non-hydrogen) atoms. The molecule has 2 aromatic carbocycles. The predicted octanol–water partition coefficient (Wildman–Crippen LogP) is 1.33. The maximum atomic E-state index is 12.5. The lowest BCUT2D eigenvalue weighted by atomic mass is 9.83. The van der Waals surface area contributed by atoms with Crippen molar-refractivity contribution in [3.05, 3.63) is 64.2 Å². The molecule has 0 radical (unpaired) electrons. The topological polar surface area (TPSA) is 126 Å². The first-order chi connectivity index (χ1) is 13.8. The molecule has 1 atom stereocenters. The van der Waals surface area contributed by atoms with Gasteiger partial charge in [-0.05, 0) is 36.2 Å². The molecule has 5 N–H and O–H groups in total. The van der Waals surface area contributed by atoms with Crippen LogP contribution in [0.4, 0.5) is 5.69 Å². The molecule has 150 valence electrons. The molecule has 1 heterocycles. The van der Waals surface area contributed by atoms with Gasteiger partial charge < -0.3 is 16.4 Å². The van der Waals surface area contributed by atoms with E-state index in [1.54, 1.807) is 49.4 Å². The Balaban J connectivity index is 1.95. The number of hydrogen-bond acceptors (Lipinski definition) is 5. The van der Waals surface area contributed by atoms with Crippen LogP contribution >= 0.6 is 11.6 Å². The average molecular weight is 414 g/mol. The third kappa shape index (κ3) is 3.59. The van der Waals surface area contributed by atoms with Gasteiger partial charge in [-0.25, -0.2) is 0 Å². The highest BCUT2D eigenvalue weighted by Gasteiger charge is 2.49. The average Bonchev–Trinajstić information content (AvgIpc) is 3.15. The van der Waals surface area contributed by atoms with Crippen LogP contribution < -0.4 is 21.7 Å². The van der Waals surface area contributed by atoms with Crippen LogP contribution in [0.3, 0.4) is 0 Å². The minimum absolute atomic E-state index is 0.000229. The fourth-order valence-electron chi connectivity index (χ4n) is 3.26. The first kappa shape index (κ1) is 20.5. The van der Waals surface area contributed by atoms with Gasteiger partial charge in [0.1, 0.15) is 5.71 Å². The molecule has 9 heteroatoms. The highest BCUT2D eigenvalue weighted by Crippen LogP contribution is 2.30. The maximum Gasteiger partial charge on any atom is 0.267 e. The molecular formula is C20H20ClN5O3. The number of halogens is 1. The number of amides is 3. The number of nitrogens with zero attached hydrogens (tertiary/aromatic N) is 1. The lowest BCUT2D eigenvalue weighted by molar-refractivity contribution is -0.123. The van der Waals surface area contributed by atoms with E-state index in [-0.39, 0.29) is 18.3 Å². The molecule has 0 aliphatic carbocycles. The summed E-state index contributed by atoms with van der Waals surface area (Å²) in [6.07, 6.45) is 0. The van der Waals surface area contributed by atoms with E-state index in [4.69, 9.17) is 17.3 Å². The largest absolute Gasteiger partial charge is 0.367 e. The summed E-state index contributed by atoms with van der Waals surface area (Å²) in [6, 6.07) is 11.7. The summed E-state index contributed by atoms with van der Waals surface area (Å²) < 4.78 is 0. The summed E-state index contributed by atoms with van der Waals surface area (Å²) in [5.74, 6) is -1.60. The van der Waals surface area contributed by atoms with E-state index in [1.165, 1.54) is 7.05 Å². The van der Waals surface area contributed by atoms with E-state index in [1.807, 2.05) is 0 Å². The molecule has 2 aromatic rings. The van der Waals surface area contributed by atoms with Gasteiger partial charge in [-0.2, -0.15) is 0 Å². The summed E-state index contributed by atoms with van der Waals surface area (Å²) in [6.45, 7) is 1.85. The quantitative estimate of drug-likeness (QED) is 0.589. The van der Waals surface area contributed by atoms with Crippen LogP contribution in [0.15, 0.2) is 47.5 Å². The van der Waals surface area contributed by atoms with E-state index in [9.17, 15) is 14.4 Å². The van der Waals surface area contributed by atoms with Crippen LogP contribution in [0.5, 0.6) is 0 Å². The van der Waals surface area contributed by atoms with Crippen LogP contribution in [-0.2, 0) is 15.1 Å². The Morgan fingerprint density at radius 2 is 1.90 bits per heavy atom. The Kier molecular flexibility index (Phi) is 5.67. The Labute approximate surface area is 172 Å². The first-order valence-corrected chi connectivity index (χ1v) is 9.18. The number of aliphatic imine (C=N–C) groups is 1. The number of nitrogens with two attached hydrogens (primary N) is 1. The van der Waals surface area contributed by atoms with Gasteiger partial charge in [-0.15, -0.1) is 0 Å². The molecule has 1 unspecified atom stereocenters. The van der Waals surface area contributed by atoms with E-state index < -0.39 is 17.4 Å². The van der Waals surface area contributed by atoms with Gasteiger partial charge >= 0.3 is 0 Å². The molecule has 0 bridgehead atoms. The van der Waals surface area contributed by atoms with Crippen molar-refractivity contribution >= 4 is 40.7 Å². The zero-order valence-corrected chi connectivity index (χ0v) is 16.6. The van der Waals surface area contributed by atoms with Crippen LogP contribution in [0.25, 0.3) is 0 Å². The van der Waals surface area contributed by atoms with Gasteiger partial charge in [-0.3, -0.25) is 24.7 Å². The molecule has 8 nitrogen and oxygen atoms in total. The SMILES string of the molecule is CNC(=O)C1=NCNC1(C(N)=O)c1ccc(NC(=O)c2ccccc2Cl)c(C)c1. The Hall–Kier alpha value is -3.23. The van der Waals surface area contributed by atoms with Crippen molar-refractivity contribution in [2.45, 2.75) is 12.5 Å². The minimum atomic E-state index is -1.55. The van der Waals surface area contributed by atoms with Gasteiger partial charge in [0.25, 0.3) is 11.8 Å². The van der Waals surface area contributed by atoms with E-state index >= 15 is 0 Å².